The van der Waals surface area contributed by atoms with E-state index in [0.29, 0.717) is 12.5 Å². The van der Waals surface area contributed by atoms with E-state index in [-0.39, 0.29) is 30.1 Å². The van der Waals surface area contributed by atoms with Gasteiger partial charge in [-0.3, -0.25) is 4.99 Å². The van der Waals surface area contributed by atoms with Gasteiger partial charge < -0.3 is 24.8 Å². The largest absolute Gasteiger partial charge is 0.497 e. The molecule has 0 bridgehead atoms. The summed E-state index contributed by atoms with van der Waals surface area (Å²) < 4.78 is 16.9. The number of hydrogen-bond donors (Lipinski definition) is 2. The maximum Gasteiger partial charge on any atom is 0.191 e. The molecule has 2 N–H and O–H groups in total. The molecule has 0 aliphatic carbocycles. The van der Waals surface area contributed by atoms with Crippen LogP contribution in [0.1, 0.15) is 24.8 Å². The predicted octanol–water partition coefficient (Wildman–Crippen LogP) is 3.81. The topological polar surface area (TPSA) is 64.1 Å². The summed E-state index contributed by atoms with van der Waals surface area (Å²) in [6, 6.07) is 15.9. The van der Waals surface area contributed by atoms with E-state index in [2.05, 4.69) is 27.8 Å². The van der Waals surface area contributed by atoms with Crippen molar-refractivity contribution in [2.24, 2.45) is 4.99 Å². The molecule has 0 radical (unpaired) electrons. The molecule has 1 aliphatic heterocycles. The quantitative estimate of drug-likeness (QED) is 0.337. The fourth-order valence-corrected chi connectivity index (χ4v) is 3.26. The first-order valence-electron chi connectivity index (χ1n) is 9.66. The highest BCUT2D eigenvalue weighted by Gasteiger charge is 2.21. The van der Waals surface area contributed by atoms with Gasteiger partial charge in [0.1, 0.15) is 23.4 Å². The van der Waals surface area contributed by atoms with Gasteiger partial charge in [0.25, 0.3) is 0 Å². The lowest BCUT2D eigenvalue weighted by Gasteiger charge is -2.27. The SMILES string of the molecule is CN=C(NCC(C)Oc1cccc(OC)c1)NCC1CCOc2ccccc21.I. The highest BCUT2D eigenvalue weighted by atomic mass is 127. The van der Waals surface area contributed by atoms with E-state index in [4.69, 9.17) is 14.2 Å². The smallest absolute Gasteiger partial charge is 0.191 e. The second-order valence-electron chi connectivity index (χ2n) is 6.81. The molecule has 2 aromatic carbocycles. The third kappa shape index (κ3) is 6.69. The van der Waals surface area contributed by atoms with Gasteiger partial charge in [0, 0.05) is 25.6 Å². The first-order chi connectivity index (χ1) is 13.7. The minimum absolute atomic E-state index is 0. The van der Waals surface area contributed by atoms with Crippen LogP contribution < -0.4 is 24.8 Å². The zero-order valence-corrected chi connectivity index (χ0v) is 19.5. The number of para-hydroxylation sites is 1. The van der Waals surface area contributed by atoms with E-state index in [1.807, 2.05) is 43.3 Å². The molecule has 3 rings (SSSR count). The molecule has 0 saturated heterocycles. The van der Waals surface area contributed by atoms with Crippen LogP contribution in [0.15, 0.2) is 53.5 Å². The zero-order chi connectivity index (χ0) is 19.8. The van der Waals surface area contributed by atoms with Crippen LogP contribution in [0.4, 0.5) is 0 Å². The normalized spacial score (nSPS) is 16.5. The van der Waals surface area contributed by atoms with E-state index in [1.54, 1.807) is 14.2 Å². The molecule has 0 aromatic heterocycles. The molecule has 6 nitrogen and oxygen atoms in total. The fourth-order valence-electron chi connectivity index (χ4n) is 3.26. The van der Waals surface area contributed by atoms with Crippen molar-refractivity contribution in [3.63, 3.8) is 0 Å². The lowest BCUT2D eigenvalue weighted by Crippen LogP contribution is -2.43. The summed E-state index contributed by atoms with van der Waals surface area (Å²) in [5.74, 6) is 3.74. The molecule has 7 heteroatoms. The Morgan fingerprint density at radius 3 is 2.76 bits per heavy atom. The number of hydrogen-bond acceptors (Lipinski definition) is 4. The number of rotatable bonds is 7. The predicted molar refractivity (Wildman–Crippen MR) is 127 cm³/mol. The van der Waals surface area contributed by atoms with E-state index < -0.39 is 0 Å². The zero-order valence-electron chi connectivity index (χ0n) is 17.2. The molecule has 158 valence electrons. The average molecular weight is 511 g/mol. The number of ether oxygens (including phenoxy) is 3. The van der Waals surface area contributed by atoms with E-state index >= 15 is 0 Å². The molecule has 2 atom stereocenters. The van der Waals surface area contributed by atoms with Crippen LogP contribution in [0, 0.1) is 0 Å². The lowest BCUT2D eigenvalue weighted by molar-refractivity contribution is 0.223. The summed E-state index contributed by atoms with van der Waals surface area (Å²) >= 11 is 0. The van der Waals surface area contributed by atoms with Gasteiger partial charge in [-0.25, -0.2) is 0 Å². The average Bonchev–Trinajstić information content (AvgIpc) is 2.74. The van der Waals surface area contributed by atoms with Crippen LogP contribution in [0.2, 0.25) is 0 Å². The van der Waals surface area contributed by atoms with Crippen molar-refractivity contribution in [3.8, 4) is 17.2 Å². The molecule has 0 saturated carbocycles. The Morgan fingerprint density at radius 1 is 1.17 bits per heavy atom. The monoisotopic (exact) mass is 511 g/mol. The Balaban J connectivity index is 0.00000300. The number of benzene rings is 2. The number of guanidine groups is 1. The number of fused-ring (bicyclic) bond motifs is 1. The molecule has 2 unspecified atom stereocenters. The Kier molecular flexibility index (Phi) is 9.37. The third-order valence-electron chi connectivity index (χ3n) is 4.76. The number of nitrogens with one attached hydrogen (secondary N) is 2. The van der Waals surface area contributed by atoms with Crippen molar-refractivity contribution >= 4 is 29.9 Å². The third-order valence-corrected chi connectivity index (χ3v) is 4.76. The van der Waals surface area contributed by atoms with E-state index in [0.717, 1.165) is 42.8 Å². The van der Waals surface area contributed by atoms with Gasteiger partial charge in [-0.05, 0) is 37.1 Å². The van der Waals surface area contributed by atoms with Gasteiger partial charge in [-0.15, -0.1) is 24.0 Å². The van der Waals surface area contributed by atoms with Crippen molar-refractivity contribution in [1.82, 2.24) is 10.6 Å². The molecule has 29 heavy (non-hydrogen) atoms. The van der Waals surface area contributed by atoms with Crippen LogP contribution in [0.3, 0.4) is 0 Å². The van der Waals surface area contributed by atoms with Gasteiger partial charge in [0.05, 0.1) is 20.3 Å². The highest BCUT2D eigenvalue weighted by molar-refractivity contribution is 14.0. The standard InChI is InChI=1S/C22H29N3O3.HI/c1-16(28-19-8-6-7-18(13-19)26-3)14-24-22(23-2)25-15-17-11-12-27-21-10-5-4-9-20(17)21;/h4-10,13,16-17H,11-12,14-15H2,1-3H3,(H2,23,24,25);1H. The van der Waals surface area contributed by atoms with Crippen molar-refractivity contribution in [1.29, 1.82) is 0 Å². The van der Waals surface area contributed by atoms with E-state index in [1.165, 1.54) is 5.56 Å². The number of halogens is 1. The maximum atomic E-state index is 5.95. The maximum absolute atomic E-state index is 5.95. The minimum Gasteiger partial charge on any atom is -0.497 e. The molecule has 1 aliphatic rings. The van der Waals surface area contributed by atoms with Gasteiger partial charge in [0.2, 0.25) is 0 Å². The number of nitrogens with zero attached hydrogens (tertiary/aromatic N) is 1. The number of methoxy groups -OCH3 is 1. The van der Waals surface area contributed by atoms with Crippen LogP contribution in [0.25, 0.3) is 0 Å². The lowest BCUT2D eigenvalue weighted by atomic mass is 9.93. The van der Waals surface area contributed by atoms with E-state index in [9.17, 15) is 0 Å². The Morgan fingerprint density at radius 2 is 1.97 bits per heavy atom. The molecular formula is C22H30IN3O3. The van der Waals surface area contributed by atoms with Gasteiger partial charge >= 0.3 is 0 Å². The van der Waals surface area contributed by atoms with Crippen molar-refractivity contribution in [2.75, 3.05) is 33.9 Å². The second kappa shape index (κ2) is 11.7. The highest BCUT2D eigenvalue weighted by Crippen LogP contribution is 2.32. The summed E-state index contributed by atoms with van der Waals surface area (Å²) in [7, 11) is 3.43. The summed E-state index contributed by atoms with van der Waals surface area (Å²) in [6.07, 6.45) is 0.977. The van der Waals surface area contributed by atoms with Crippen LogP contribution in [-0.2, 0) is 0 Å². The second-order valence-corrected chi connectivity index (χ2v) is 6.81. The summed E-state index contributed by atoms with van der Waals surface area (Å²) in [5, 5.41) is 6.76. The molecule has 0 fully saturated rings. The number of aliphatic imine (C=N–C) groups is 1. The molecule has 2 aromatic rings. The fraction of sp³-hybridized carbons (Fsp3) is 0.409. The first kappa shape index (κ1) is 23.1. The van der Waals surface area contributed by atoms with Crippen molar-refractivity contribution in [2.45, 2.75) is 25.4 Å². The Bertz CT molecular complexity index is 800. The first-order valence-corrected chi connectivity index (χ1v) is 9.66. The van der Waals surface area contributed by atoms with Crippen LogP contribution in [-0.4, -0.2) is 45.9 Å². The minimum atomic E-state index is -0.0190. The molecule has 1 heterocycles. The van der Waals surface area contributed by atoms with Gasteiger partial charge in [-0.1, -0.05) is 24.3 Å². The van der Waals surface area contributed by atoms with Crippen molar-refractivity contribution in [3.05, 3.63) is 54.1 Å². The van der Waals surface area contributed by atoms with Crippen LogP contribution in [0.5, 0.6) is 17.2 Å². The van der Waals surface area contributed by atoms with Crippen molar-refractivity contribution < 1.29 is 14.2 Å². The molecule has 0 amide bonds. The Labute approximate surface area is 190 Å². The van der Waals surface area contributed by atoms with Gasteiger partial charge in [0.15, 0.2) is 5.96 Å². The summed E-state index contributed by atoms with van der Waals surface area (Å²) in [4.78, 5) is 4.32. The van der Waals surface area contributed by atoms with Gasteiger partial charge in [-0.2, -0.15) is 0 Å². The molecular weight excluding hydrogens is 481 g/mol. The summed E-state index contributed by atoms with van der Waals surface area (Å²) in [5.41, 5.74) is 1.26. The Hall–Kier alpha value is -2.16. The summed E-state index contributed by atoms with van der Waals surface area (Å²) in [6.45, 7) is 4.22. The molecule has 0 spiro atoms. The van der Waals surface area contributed by atoms with Crippen LogP contribution >= 0.6 is 24.0 Å².